The van der Waals surface area contributed by atoms with E-state index in [1.807, 2.05) is 41.8 Å². The summed E-state index contributed by atoms with van der Waals surface area (Å²) in [6.45, 7) is 0.302. The fraction of sp³-hybridized carbons (Fsp3) is 0.280. The molecule has 0 fully saturated rings. The van der Waals surface area contributed by atoms with E-state index in [9.17, 15) is 9.59 Å². The van der Waals surface area contributed by atoms with Gasteiger partial charge >= 0.3 is 0 Å². The highest BCUT2D eigenvalue weighted by Gasteiger charge is 2.44. The summed E-state index contributed by atoms with van der Waals surface area (Å²) in [5, 5.41) is 5.00. The molecule has 7 nitrogen and oxygen atoms in total. The van der Waals surface area contributed by atoms with Crippen LogP contribution in [0.4, 0.5) is 0 Å². The number of rotatable bonds is 7. The molecule has 0 spiro atoms. The largest absolute Gasteiger partial charge is 0.496 e. The van der Waals surface area contributed by atoms with Crippen LogP contribution in [0.1, 0.15) is 38.3 Å². The van der Waals surface area contributed by atoms with E-state index < -0.39 is 12.0 Å². The van der Waals surface area contributed by atoms with Gasteiger partial charge in [-0.3, -0.25) is 9.59 Å². The second-order valence-electron chi connectivity index (χ2n) is 7.68. The summed E-state index contributed by atoms with van der Waals surface area (Å²) in [4.78, 5) is 29.6. The molecule has 0 saturated heterocycles. The average Bonchev–Trinajstić information content (AvgIpc) is 3.38. The molecule has 0 bridgehead atoms. The van der Waals surface area contributed by atoms with Crippen LogP contribution < -0.4 is 19.5 Å². The Labute approximate surface area is 196 Å². The predicted molar refractivity (Wildman–Crippen MR) is 126 cm³/mol. The van der Waals surface area contributed by atoms with Crippen LogP contribution in [0.25, 0.3) is 0 Å². The van der Waals surface area contributed by atoms with E-state index in [-0.39, 0.29) is 11.8 Å². The summed E-state index contributed by atoms with van der Waals surface area (Å²) >= 11 is 1.52. The van der Waals surface area contributed by atoms with E-state index >= 15 is 0 Å². The molecule has 1 aromatic heterocycles. The number of methoxy groups -OCH3 is 3. The fourth-order valence-electron chi connectivity index (χ4n) is 4.29. The van der Waals surface area contributed by atoms with Crippen LogP contribution in [0.2, 0.25) is 0 Å². The SMILES string of the molecule is COc1ccccc1CNC(=O)[C@@H]1c2cc(OC)c(OC)cc2C(=O)N(C)[C@H]1c1cccs1. The highest BCUT2D eigenvalue weighted by molar-refractivity contribution is 7.10. The second kappa shape index (κ2) is 9.54. The van der Waals surface area contributed by atoms with Gasteiger partial charge in [0.15, 0.2) is 11.5 Å². The van der Waals surface area contributed by atoms with Crippen molar-refractivity contribution in [2.45, 2.75) is 18.5 Å². The van der Waals surface area contributed by atoms with Gasteiger partial charge < -0.3 is 24.4 Å². The van der Waals surface area contributed by atoms with Gasteiger partial charge in [-0.2, -0.15) is 0 Å². The van der Waals surface area contributed by atoms with Gasteiger partial charge in [0.25, 0.3) is 5.91 Å². The first-order chi connectivity index (χ1) is 16.0. The lowest BCUT2D eigenvalue weighted by atomic mass is 9.81. The zero-order valence-electron chi connectivity index (χ0n) is 19.0. The molecule has 0 unspecified atom stereocenters. The number of hydrogen-bond donors (Lipinski definition) is 1. The molecule has 0 aliphatic carbocycles. The lowest BCUT2D eigenvalue weighted by molar-refractivity contribution is -0.124. The number of fused-ring (bicyclic) bond motifs is 1. The van der Waals surface area contributed by atoms with Gasteiger partial charge in [0.05, 0.1) is 33.3 Å². The third kappa shape index (κ3) is 4.14. The Kier molecular flexibility index (Phi) is 6.55. The van der Waals surface area contributed by atoms with Crippen molar-refractivity contribution < 1.29 is 23.8 Å². The van der Waals surface area contributed by atoms with Crippen molar-refractivity contribution in [2.24, 2.45) is 0 Å². The molecule has 2 aromatic carbocycles. The van der Waals surface area contributed by atoms with E-state index in [0.717, 1.165) is 10.4 Å². The van der Waals surface area contributed by atoms with Gasteiger partial charge in [-0.05, 0) is 35.2 Å². The summed E-state index contributed by atoms with van der Waals surface area (Å²) in [5.41, 5.74) is 1.92. The Morgan fingerprint density at radius 1 is 1.00 bits per heavy atom. The fourth-order valence-corrected chi connectivity index (χ4v) is 5.19. The van der Waals surface area contributed by atoms with Gasteiger partial charge in [0.1, 0.15) is 5.75 Å². The van der Waals surface area contributed by atoms with Crippen LogP contribution in [0.5, 0.6) is 17.2 Å². The third-order valence-corrected chi connectivity index (χ3v) is 6.88. The normalized spacial score (nSPS) is 17.3. The minimum atomic E-state index is -0.629. The van der Waals surface area contributed by atoms with Gasteiger partial charge in [-0.15, -0.1) is 11.3 Å². The quantitative estimate of drug-likeness (QED) is 0.570. The van der Waals surface area contributed by atoms with Crippen LogP contribution in [0.3, 0.4) is 0 Å². The number of nitrogens with zero attached hydrogens (tertiary/aromatic N) is 1. The number of benzene rings is 2. The number of amides is 2. The van der Waals surface area contributed by atoms with Crippen molar-refractivity contribution in [3.63, 3.8) is 0 Å². The van der Waals surface area contributed by atoms with Crippen molar-refractivity contribution in [1.29, 1.82) is 0 Å². The van der Waals surface area contributed by atoms with E-state index in [1.54, 1.807) is 31.2 Å². The monoisotopic (exact) mass is 466 g/mol. The molecule has 1 aliphatic rings. The van der Waals surface area contributed by atoms with Gasteiger partial charge in [-0.25, -0.2) is 0 Å². The van der Waals surface area contributed by atoms with E-state index in [4.69, 9.17) is 14.2 Å². The lowest BCUT2D eigenvalue weighted by Crippen LogP contribution is -2.45. The minimum Gasteiger partial charge on any atom is -0.496 e. The second-order valence-corrected chi connectivity index (χ2v) is 8.66. The molecule has 2 heterocycles. The topological polar surface area (TPSA) is 77.1 Å². The predicted octanol–water partition coefficient (Wildman–Crippen LogP) is 4.00. The highest BCUT2D eigenvalue weighted by Crippen LogP contribution is 2.46. The average molecular weight is 467 g/mol. The lowest BCUT2D eigenvalue weighted by Gasteiger charge is -2.39. The number of hydrogen-bond acceptors (Lipinski definition) is 6. The summed E-state index contributed by atoms with van der Waals surface area (Å²) < 4.78 is 16.3. The van der Waals surface area contributed by atoms with Crippen molar-refractivity contribution in [2.75, 3.05) is 28.4 Å². The Morgan fingerprint density at radius 2 is 1.70 bits per heavy atom. The molecule has 2 amide bonds. The summed E-state index contributed by atoms with van der Waals surface area (Å²) in [6.07, 6.45) is 0. The molecule has 8 heteroatoms. The van der Waals surface area contributed by atoms with Gasteiger partial charge in [-0.1, -0.05) is 24.3 Å². The number of para-hydroxylation sites is 1. The Balaban J connectivity index is 1.77. The zero-order valence-corrected chi connectivity index (χ0v) is 19.8. The Morgan fingerprint density at radius 3 is 2.36 bits per heavy atom. The molecule has 1 N–H and O–H groups in total. The third-order valence-electron chi connectivity index (χ3n) is 5.94. The number of ether oxygens (including phenoxy) is 3. The first kappa shape index (κ1) is 22.7. The number of carbonyl (C=O) groups excluding carboxylic acids is 2. The zero-order chi connectivity index (χ0) is 23.5. The molecular weight excluding hydrogens is 440 g/mol. The molecule has 0 radical (unpaired) electrons. The maximum Gasteiger partial charge on any atom is 0.254 e. The van der Waals surface area contributed by atoms with Crippen LogP contribution in [-0.4, -0.2) is 45.1 Å². The van der Waals surface area contributed by atoms with Gasteiger partial charge in [0, 0.05) is 29.6 Å². The molecule has 0 saturated carbocycles. The number of thiophene rings is 1. The summed E-state index contributed by atoms with van der Waals surface area (Å²) in [7, 11) is 6.39. The van der Waals surface area contributed by atoms with Crippen molar-refractivity contribution in [3.05, 3.63) is 75.5 Å². The van der Waals surface area contributed by atoms with Crippen molar-refractivity contribution >= 4 is 23.2 Å². The van der Waals surface area contributed by atoms with Crippen molar-refractivity contribution in [3.8, 4) is 17.2 Å². The Hall–Kier alpha value is -3.52. The first-order valence-electron chi connectivity index (χ1n) is 10.5. The maximum absolute atomic E-state index is 13.7. The van der Waals surface area contributed by atoms with Crippen LogP contribution in [-0.2, 0) is 11.3 Å². The highest BCUT2D eigenvalue weighted by atomic mass is 32.1. The molecule has 4 rings (SSSR count). The minimum absolute atomic E-state index is 0.168. The molecule has 2 atom stereocenters. The molecule has 33 heavy (non-hydrogen) atoms. The Bertz CT molecular complexity index is 1160. The van der Waals surface area contributed by atoms with Crippen LogP contribution >= 0.6 is 11.3 Å². The first-order valence-corrected chi connectivity index (χ1v) is 11.3. The standard InChI is InChI=1S/C25H26N2O5S/c1-27-23(21-10-7-11-33-21)22(24(28)26-14-15-8-5-6-9-18(15)30-2)16-12-19(31-3)20(32-4)13-17(16)25(27)29/h5-13,22-23H,14H2,1-4H3,(H,26,28)/t22-,23+/m1/s1. The molecule has 3 aromatic rings. The van der Waals surface area contributed by atoms with E-state index in [0.29, 0.717) is 34.9 Å². The number of nitrogens with one attached hydrogen (secondary N) is 1. The van der Waals surface area contributed by atoms with Crippen LogP contribution in [0.15, 0.2) is 53.9 Å². The maximum atomic E-state index is 13.7. The van der Waals surface area contributed by atoms with Gasteiger partial charge in [0.2, 0.25) is 5.91 Å². The smallest absolute Gasteiger partial charge is 0.254 e. The van der Waals surface area contributed by atoms with Crippen LogP contribution in [0, 0.1) is 0 Å². The van der Waals surface area contributed by atoms with E-state index in [1.165, 1.54) is 25.6 Å². The summed E-state index contributed by atoms with van der Waals surface area (Å²) in [5.74, 6) is 0.637. The molecule has 1 aliphatic heterocycles. The number of likely N-dealkylation sites (N-methyl/N-ethyl adjacent to an activating group) is 1. The molecular formula is C25H26N2O5S. The summed E-state index contributed by atoms with van der Waals surface area (Å²) in [6, 6.07) is 14.4. The number of carbonyl (C=O) groups is 2. The molecule has 172 valence electrons. The van der Waals surface area contributed by atoms with E-state index in [2.05, 4.69) is 5.32 Å². The van der Waals surface area contributed by atoms with Crippen molar-refractivity contribution in [1.82, 2.24) is 10.2 Å².